The van der Waals surface area contributed by atoms with Crippen molar-refractivity contribution < 1.29 is 17.6 Å². The largest absolute Gasteiger partial charge is 0.256 e. The molecule has 0 N–H and O–H groups in total. The smallest absolute Gasteiger partial charge is 0.251 e. The Morgan fingerprint density at radius 2 is 1.70 bits per heavy atom. The molecule has 1 aromatic carbocycles. The number of aryl methyl sites for hydroxylation is 2. The van der Waals surface area contributed by atoms with E-state index >= 15 is 0 Å². The van der Waals surface area contributed by atoms with Gasteiger partial charge in [0, 0.05) is 24.1 Å². The Hall–Kier alpha value is -1.91. The molecule has 2 aromatic rings. The summed E-state index contributed by atoms with van der Waals surface area (Å²) in [6.07, 6.45) is 10.2. The van der Waals surface area contributed by atoms with E-state index in [9.17, 15) is 17.6 Å². The van der Waals surface area contributed by atoms with E-state index < -0.39 is 23.5 Å². The molecule has 33 heavy (non-hydrogen) atoms. The highest BCUT2D eigenvalue weighted by molar-refractivity contribution is 5.60. The van der Waals surface area contributed by atoms with Gasteiger partial charge in [-0.1, -0.05) is 51.7 Å². The average molecular weight is 464 g/mol. The van der Waals surface area contributed by atoms with Gasteiger partial charge in [-0.2, -0.15) is 0 Å². The molecule has 0 spiro atoms. The monoisotopic (exact) mass is 463 g/mol. The first-order valence-corrected chi connectivity index (χ1v) is 12.7. The minimum Gasteiger partial charge on any atom is -0.256 e. The summed E-state index contributed by atoms with van der Waals surface area (Å²) in [6, 6.07) is 6.89. The number of halogens is 4. The van der Waals surface area contributed by atoms with Gasteiger partial charge in [-0.3, -0.25) is 4.98 Å². The van der Waals surface area contributed by atoms with Crippen LogP contribution in [0.5, 0.6) is 0 Å². The van der Waals surface area contributed by atoms with Gasteiger partial charge in [-0.25, -0.2) is 17.6 Å². The Balaban J connectivity index is 1.52. The molecule has 0 radical (unpaired) electrons. The second-order valence-corrected chi connectivity index (χ2v) is 9.70. The van der Waals surface area contributed by atoms with E-state index in [0.717, 1.165) is 50.5 Å². The Labute approximate surface area is 196 Å². The Bertz CT molecular complexity index is 878. The third kappa shape index (κ3) is 6.80. The molecule has 5 heteroatoms. The van der Waals surface area contributed by atoms with Crippen molar-refractivity contribution in [1.29, 1.82) is 0 Å². The van der Waals surface area contributed by atoms with Crippen LogP contribution in [0.25, 0.3) is 11.3 Å². The van der Waals surface area contributed by atoms with Gasteiger partial charge in [-0.05, 0) is 74.1 Å². The van der Waals surface area contributed by atoms with Crippen LogP contribution in [0.15, 0.2) is 30.5 Å². The van der Waals surface area contributed by atoms with Gasteiger partial charge in [0.15, 0.2) is 11.6 Å². The molecule has 1 fully saturated rings. The van der Waals surface area contributed by atoms with Crippen molar-refractivity contribution in [2.45, 2.75) is 96.8 Å². The lowest BCUT2D eigenvalue weighted by Crippen LogP contribution is -2.35. The summed E-state index contributed by atoms with van der Waals surface area (Å²) in [5, 5.41) is 0. The van der Waals surface area contributed by atoms with Gasteiger partial charge in [0.05, 0.1) is 5.69 Å². The molecule has 0 aliphatic heterocycles. The van der Waals surface area contributed by atoms with Gasteiger partial charge in [0.2, 0.25) is 0 Å². The molecule has 0 bridgehead atoms. The highest BCUT2D eigenvalue weighted by Gasteiger charge is 2.43. The van der Waals surface area contributed by atoms with Crippen molar-refractivity contribution in [1.82, 2.24) is 4.98 Å². The third-order valence-electron chi connectivity index (χ3n) is 7.11. The van der Waals surface area contributed by atoms with E-state index in [2.05, 4.69) is 11.9 Å². The summed E-state index contributed by atoms with van der Waals surface area (Å²) >= 11 is 0. The zero-order valence-corrected chi connectivity index (χ0v) is 20.0. The van der Waals surface area contributed by atoms with Gasteiger partial charge in [0.1, 0.15) is 0 Å². The van der Waals surface area contributed by atoms with Crippen molar-refractivity contribution in [3.8, 4) is 11.3 Å². The number of hydrogen-bond acceptors (Lipinski definition) is 1. The molecule has 3 rings (SSSR count). The third-order valence-corrected chi connectivity index (χ3v) is 7.11. The number of hydrogen-bond donors (Lipinski definition) is 0. The lowest BCUT2D eigenvalue weighted by atomic mass is 9.75. The van der Waals surface area contributed by atoms with Gasteiger partial charge >= 0.3 is 0 Å². The quantitative estimate of drug-likeness (QED) is 0.239. The number of pyridine rings is 1. The molecule has 1 nitrogen and oxygen atoms in total. The first-order valence-electron chi connectivity index (χ1n) is 12.7. The van der Waals surface area contributed by atoms with Crippen LogP contribution in [0.1, 0.15) is 89.2 Å². The Kier molecular flexibility index (Phi) is 9.34. The molecule has 1 heterocycles. The molecule has 0 amide bonds. The molecule has 1 aliphatic rings. The fourth-order valence-corrected chi connectivity index (χ4v) is 5.09. The van der Waals surface area contributed by atoms with Gasteiger partial charge in [-0.15, -0.1) is 0 Å². The SMILES string of the molecule is CCCCc1ccc(-c2ccc(CCCCC3CCC(CCC)C(F)(F)C3)c(F)c2F)nc1. The first-order chi connectivity index (χ1) is 15.9. The summed E-state index contributed by atoms with van der Waals surface area (Å²) in [7, 11) is 0. The minimum absolute atomic E-state index is 0.0282. The molecule has 182 valence electrons. The number of aromatic nitrogens is 1. The maximum atomic E-state index is 14.7. The number of unbranched alkanes of at least 4 members (excludes halogenated alkanes) is 2. The lowest BCUT2D eigenvalue weighted by molar-refractivity contribution is -0.106. The van der Waals surface area contributed by atoms with E-state index in [4.69, 9.17) is 0 Å². The number of benzene rings is 1. The summed E-state index contributed by atoms with van der Waals surface area (Å²) in [5.41, 5.74) is 2.03. The topological polar surface area (TPSA) is 12.9 Å². The predicted octanol–water partition coefficient (Wildman–Crippen LogP) is 8.93. The molecule has 1 saturated carbocycles. The summed E-state index contributed by atoms with van der Waals surface area (Å²) in [6.45, 7) is 4.08. The zero-order valence-electron chi connectivity index (χ0n) is 20.0. The van der Waals surface area contributed by atoms with Crippen molar-refractivity contribution in [2.24, 2.45) is 11.8 Å². The average Bonchev–Trinajstić information content (AvgIpc) is 2.80. The lowest BCUT2D eigenvalue weighted by Gasteiger charge is -2.36. The van der Waals surface area contributed by atoms with Crippen molar-refractivity contribution in [3.63, 3.8) is 0 Å². The summed E-state index contributed by atoms with van der Waals surface area (Å²) in [5.74, 6) is -4.70. The zero-order chi connectivity index (χ0) is 23.8. The van der Waals surface area contributed by atoms with Crippen LogP contribution in [0.2, 0.25) is 0 Å². The van der Waals surface area contributed by atoms with Crippen molar-refractivity contribution in [3.05, 3.63) is 53.2 Å². The fraction of sp³-hybridized carbons (Fsp3) is 0.607. The first kappa shape index (κ1) is 25.7. The van der Waals surface area contributed by atoms with E-state index in [1.54, 1.807) is 24.4 Å². The number of nitrogens with zero attached hydrogens (tertiary/aromatic N) is 1. The maximum Gasteiger partial charge on any atom is 0.251 e. The van der Waals surface area contributed by atoms with Crippen LogP contribution in [-0.4, -0.2) is 10.9 Å². The van der Waals surface area contributed by atoms with Crippen LogP contribution in [0.3, 0.4) is 0 Å². The summed E-state index contributed by atoms with van der Waals surface area (Å²) < 4.78 is 58.1. The Morgan fingerprint density at radius 3 is 2.36 bits per heavy atom. The van der Waals surface area contributed by atoms with Gasteiger partial charge < -0.3 is 0 Å². The highest BCUT2D eigenvalue weighted by atomic mass is 19.3. The fourth-order valence-electron chi connectivity index (χ4n) is 5.09. The maximum absolute atomic E-state index is 14.7. The normalized spacial score (nSPS) is 20.2. The van der Waals surface area contributed by atoms with E-state index in [1.807, 2.05) is 13.0 Å². The van der Waals surface area contributed by atoms with E-state index in [0.29, 0.717) is 36.9 Å². The highest BCUT2D eigenvalue weighted by Crippen LogP contribution is 2.44. The van der Waals surface area contributed by atoms with Crippen LogP contribution in [0.4, 0.5) is 17.6 Å². The molecule has 0 saturated heterocycles. The molecular formula is C28H37F4N. The molecule has 1 aromatic heterocycles. The van der Waals surface area contributed by atoms with Crippen molar-refractivity contribution >= 4 is 0 Å². The summed E-state index contributed by atoms with van der Waals surface area (Å²) in [4.78, 5) is 4.32. The number of rotatable bonds is 11. The molecule has 2 unspecified atom stereocenters. The molecule has 1 aliphatic carbocycles. The van der Waals surface area contributed by atoms with E-state index in [-0.39, 0.29) is 17.9 Å². The second kappa shape index (κ2) is 12.0. The predicted molar refractivity (Wildman–Crippen MR) is 126 cm³/mol. The van der Waals surface area contributed by atoms with Crippen LogP contribution in [-0.2, 0) is 12.8 Å². The van der Waals surface area contributed by atoms with Crippen LogP contribution >= 0.6 is 0 Å². The second-order valence-electron chi connectivity index (χ2n) is 9.70. The molecule has 2 atom stereocenters. The van der Waals surface area contributed by atoms with Crippen molar-refractivity contribution in [2.75, 3.05) is 0 Å². The number of alkyl halides is 2. The van der Waals surface area contributed by atoms with E-state index in [1.165, 1.54) is 0 Å². The van der Waals surface area contributed by atoms with Gasteiger partial charge in [0.25, 0.3) is 5.92 Å². The minimum atomic E-state index is -2.56. The van der Waals surface area contributed by atoms with Crippen LogP contribution in [0, 0.1) is 23.5 Å². The van der Waals surface area contributed by atoms with Crippen LogP contribution < -0.4 is 0 Å². The Morgan fingerprint density at radius 1 is 0.879 bits per heavy atom. The molecular weight excluding hydrogens is 426 g/mol. The standard InChI is InChI=1S/C28H37F4N/c1-3-5-9-21-13-17-25(33-19-21)24-16-14-22(26(29)27(24)30)11-7-6-10-20-12-15-23(8-4-2)28(31,32)18-20/h13-14,16-17,19-20,23H,3-12,15,18H2,1-2H3.